The van der Waals surface area contributed by atoms with E-state index >= 15 is 0 Å². The van der Waals surface area contributed by atoms with Gasteiger partial charge in [0.15, 0.2) is 0 Å². The first-order valence-electron chi connectivity index (χ1n) is 9.42. The number of hydrogen-bond acceptors (Lipinski definition) is 5. The highest BCUT2D eigenvalue weighted by Gasteiger charge is 2.36. The average Bonchev–Trinajstić information content (AvgIpc) is 3.14. The molecule has 10 heteroatoms. The molecule has 3 heterocycles. The lowest BCUT2D eigenvalue weighted by Gasteiger charge is -2.28. The van der Waals surface area contributed by atoms with Crippen LogP contribution in [0, 0.1) is 11.3 Å². The Kier molecular flexibility index (Phi) is 5.42. The van der Waals surface area contributed by atoms with E-state index in [0.29, 0.717) is 39.1 Å². The summed E-state index contributed by atoms with van der Waals surface area (Å²) in [6, 6.07) is 5.68. The lowest BCUT2D eigenvalue weighted by molar-refractivity contribution is -0.137. The Morgan fingerprint density at radius 2 is 2.10 bits per heavy atom. The number of alkyl halides is 3. The molecule has 156 valence electrons. The van der Waals surface area contributed by atoms with Crippen LogP contribution < -0.4 is 10.6 Å². The molecular weight excluding hydrogens is 461 g/mol. The molecule has 1 saturated heterocycles. The number of H-pyrrole nitrogens is 1. The maximum absolute atomic E-state index is 13.7. The minimum absolute atomic E-state index is 0.0427. The van der Waals surface area contributed by atoms with E-state index < -0.39 is 11.7 Å². The Balaban J connectivity index is 1.78. The topological polar surface area (TPSA) is 89.4 Å². The number of anilines is 1. The third-order valence-corrected chi connectivity index (χ3v) is 6.08. The molecule has 0 spiro atoms. The molecule has 2 aromatic heterocycles. The Morgan fingerprint density at radius 1 is 1.30 bits per heavy atom. The third kappa shape index (κ3) is 3.87. The van der Waals surface area contributed by atoms with Crippen LogP contribution in [0.1, 0.15) is 30.9 Å². The van der Waals surface area contributed by atoms with E-state index in [1.165, 1.54) is 6.20 Å². The summed E-state index contributed by atoms with van der Waals surface area (Å²) in [6.07, 6.45) is -0.473. The summed E-state index contributed by atoms with van der Waals surface area (Å²) in [7, 11) is 0. The van der Waals surface area contributed by atoms with Gasteiger partial charge in [-0.05, 0) is 41.8 Å². The molecule has 1 aliphatic rings. The molecule has 3 N–H and O–H groups in total. The molecule has 0 aliphatic carbocycles. The van der Waals surface area contributed by atoms with Gasteiger partial charge >= 0.3 is 6.18 Å². The van der Waals surface area contributed by atoms with Crippen LogP contribution in [-0.4, -0.2) is 33.6 Å². The maximum atomic E-state index is 13.7. The quantitative estimate of drug-likeness (QED) is 0.501. The monoisotopic (exact) mass is 478 g/mol. The lowest BCUT2D eigenvalue weighted by Crippen LogP contribution is -2.43. The van der Waals surface area contributed by atoms with Gasteiger partial charge < -0.3 is 15.6 Å². The van der Waals surface area contributed by atoms with Crippen molar-refractivity contribution in [1.82, 2.24) is 20.3 Å². The second-order valence-corrected chi connectivity index (χ2v) is 8.14. The van der Waals surface area contributed by atoms with Gasteiger partial charge in [-0.3, -0.25) is 0 Å². The van der Waals surface area contributed by atoms with Crippen molar-refractivity contribution < 1.29 is 13.2 Å². The number of piperidine rings is 1. The number of benzene rings is 1. The Labute approximate surface area is 179 Å². The van der Waals surface area contributed by atoms with E-state index in [9.17, 15) is 18.4 Å². The highest BCUT2D eigenvalue weighted by molar-refractivity contribution is 9.10. The van der Waals surface area contributed by atoms with Gasteiger partial charge in [-0.15, -0.1) is 0 Å². The van der Waals surface area contributed by atoms with Crippen molar-refractivity contribution in [3.63, 3.8) is 0 Å². The smallest absolute Gasteiger partial charge is 0.360 e. The SMILES string of the molecule is CC1CCC(Nc2ncc(C(F)(F)F)c(-c3c[nH]c4c(Br)c(C#N)ccc34)n2)CN1. The maximum Gasteiger partial charge on any atom is 0.419 e. The standard InChI is InChI=1S/C20H18BrF3N6/c1-10-2-4-12(7-26-10)29-19-28-9-15(20(22,23)24)17(30-19)14-8-27-18-13(14)5-3-11(6-25)16(18)21/h3,5,8-10,12,26-27H,2,4,7H2,1H3,(H,28,29,30). The van der Waals surface area contributed by atoms with Gasteiger partial charge in [0.1, 0.15) is 11.6 Å². The Morgan fingerprint density at radius 3 is 2.77 bits per heavy atom. The molecule has 3 aromatic rings. The van der Waals surface area contributed by atoms with Gasteiger partial charge in [-0.1, -0.05) is 6.07 Å². The van der Waals surface area contributed by atoms with Crippen LogP contribution in [0.4, 0.5) is 19.1 Å². The number of nitriles is 1. The summed E-state index contributed by atoms with van der Waals surface area (Å²) in [6.45, 7) is 2.79. The van der Waals surface area contributed by atoms with Crippen molar-refractivity contribution in [2.24, 2.45) is 0 Å². The molecule has 0 saturated carbocycles. The molecule has 6 nitrogen and oxygen atoms in total. The number of aromatic amines is 1. The molecule has 0 bridgehead atoms. The van der Waals surface area contributed by atoms with E-state index in [1.807, 2.05) is 6.07 Å². The van der Waals surface area contributed by atoms with Crippen LogP contribution in [0.2, 0.25) is 0 Å². The molecule has 30 heavy (non-hydrogen) atoms. The average molecular weight is 479 g/mol. The third-order valence-electron chi connectivity index (χ3n) is 5.26. The second-order valence-electron chi connectivity index (χ2n) is 7.35. The fourth-order valence-corrected chi connectivity index (χ4v) is 4.16. The lowest BCUT2D eigenvalue weighted by atomic mass is 10.0. The van der Waals surface area contributed by atoms with Gasteiger partial charge in [0.2, 0.25) is 5.95 Å². The molecule has 1 aliphatic heterocycles. The fraction of sp³-hybridized carbons (Fsp3) is 0.350. The zero-order chi connectivity index (χ0) is 21.5. The van der Waals surface area contributed by atoms with Crippen LogP contribution in [0.15, 0.2) is 29.0 Å². The van der Waals surface area contributed by atoms with Crippen molar-refractivity contribution in [2.75, 3.05) is 11.9 Å². The number of nitrogens with zero attached hydrogens (tertiary/aromatic N) is 3. The molecule has 1 aromatic carbocycles. The zero-order valence-corrected chi connectivity index (χ0v) is 17.5. The Bertz CT molecular complexity index is 1130. The Hall–Kier alpha value is -2.64. The first kappa shape index (κ1) is 20.6. The highest BCUT2D eigenvalue weighted by Crippen LogP contribution is 2.40. The van der Waals surface area contributed by atoms with E-state index in [0.717, 1.165) is 19.0 Å². The normalized spacial score (nSPS) is 19.6. The van der Waals surface area contributed by atoms with Crippen LogP contribution in [0.25, 0.3) is 22.2 Å². The number of hydrogen-bond donors (Lipinski definition) is 3. The van der Waals surface area contributed by atoms with E-state index in [4.69, 9.17) is 0 Å². The number of aromatic nitrogens is 3. The van der Waals surface area contributed by atoms with Crippen LogP contribution in [-0.2, 0) is 6.18 Å². The fourth-order valence-electron chi connectivity index (χ4n) is 3.61. The van der Waals surface area contributed by atoms with E-state index in [2.05, 4.69) is 48.4 Å². The van der Waals surface area contributed by atoms with Crippen molar-refractivity contribution in [1.29, 1.82) is 5.26 Å². The van der Waals surface area contributed by atoms with Gasteiger partial charge in [0, 0.05) is 42.0 Å². The largest absolute Gasteiger partial charge is 0.419 e. The summed E-state index contributed by atoms with van der Waals surface area (Å²) < 4.78 is 41.6. The van der Waals surface area contributed by atoms with Gasteiger partial charge in [0.25, 0.3) is 0 Å². The van der Waals surface area contributed by atoms with Crippen molar-refractivity contribution >= 4 is 32.8 Å². The second kappa shape index (κ2) is 7.89. The number of nitrogens with one attached hydrogen (secondary N) is 3. The molecular formula is C20H18BrF3N6. The summed E-state index contributed by atoms with van der Waals surface area (Å²) in [5, 5.41) is 16.2. The summed E-state index contributed by atoms with van der Waals surface area (Å²) in [4.78, 5) is 11.1. The molecule has 2 unspecified atom stereocenters. The molecule has 2 atom stereocenters. The predicted molar refractivity (Wildman–Crippen MR) is 111 cm³/mol. The number of halogens is 4. The molecule has 4 rings (SSSR count). The predicted octanol–water partition coefficient (Wildman–Crippen LogP) is 4.83. The van der Waals surface area contributed by atoms with E-state index in [-0.39, 0.29) is 17.7 Å². The van der Waals surface area contributed by atoms with Gasteiger partial charge in [0.05, 0.1) is 21.2 Å². The van der Waals surface area contributed by atoms with Crippen LogP contribution >= 0.6 is 15.9 Å². The summed E-state index contributed by atoms with van der Waals surface area (Å²) >= 11 is 3.34. The zero-order valence-electron chi connectivity index (χ0n) is 15.9. The first-order valence-corrected chi connectivity index (χ1v) is 10.2. The first-order chi connectivity index (χ1) is 14.3. The molecule has 0 radical (unpaired) electrons. The highest BCUT2D eigenvalue weighted by atomic mass is 79.9. The van der Waals surface area contributed by atoms with Gasteiger partial charge in [-0.25, -0.2) is 9.97 Å². The van der Waals surface area contributed by atoms with Crippen molar-refractivity contribution in [2.45, 2.75) is 38.0 Å². The van der Waals surface area contributed by atoms with Gasteiger partial charge in [-0.2, -0.15) is 18.4 Å². The summed E-state index contributed by atoms with van der Waals surface area (Å²) in [5.41, 5.74) is 0.0972. The number of rotatable bonds is 3. The molecule has 0 amide bonds. The minimum Gasteiger partial charge on any atom is -0.360 e. The van der Waals surface area contributed by atoms with Crippen LogP contribution in [0.5, 0.6) is 0 Å². The van der Waals surface area contributed by atoms with Crippen molar-refractivity contribution in [3.8, 4) is 17.3 Å². The van der Waals surface area contributed by atoms with Crippen LogP contribution in [0.3, 0.4) is 0 Å². The molecule has 1 fully saturated rings. The number of fused-ring (bicyclic) bond motifs is 1. The minimum atomic E-state index is -4.61. The summed E-state index contributed by atoms with van der Waals surface area (Å²) in [5.74, 6) is 0.154. The van der Waals surface area contributed by atoms with E-state index in [1.54, 1.807) is 12.1 Å². The van der Waals surface area contributed by atoms with Crippen molar-refractivity contribution in [3.05, 3.63) is 40.1 Å².